The van der Waals surface area contributed by atoms with Gasteiger partial charge in [-0.25, -0.2) is 4.79 Å². The molecule has 1 amide bonds. The fraction of sp³-hybridized carbons (Fsp3) is 0.417. The van der Waals surface area contributed by atoms with Gasteiger partial charge in [0.2, 0.25) is 0 Å². The average Bonchev–Trinajstić information content (AvgIpc) is 2.30. The lowest BCUT2D eigenvalue weighted by Crippen LogP contribution is -2.34. The molecule has 0 aromatic heterocycles. The standard InChI is InChI=1S/C12H18N2O2/c1-2-11(9-16-12(13)15)14-8-10-6-4-3-5-7-10/h3-7,11,14H,2,8-9H2,1H3,(H2,13,15). The molecule has 4 nitrogen and oxygen atoms in total. The molecule has 0 bridgehead atoms. The van der Waals surface area contributed by atoms with E-state index in [2.05, 4.69) is 17.4 Å². The van der Waals surface area contributed by atoms with Crippen LogP contribution in [0.3, 0.4) is 0 Å². The number of nitrogens with one attached hydrogen (secondary N) is 1. The summed E-state index contributed by atoms with van der Waals surface area (Å²) in [5.41, 5.74) is 6.12. The third-order valence-electron chi connectivity index (χ3n) is 2.36. The third kappa shape index (κ3) is 4.79. The van der Waals surface area contributed by atoms with Crippen molar-refractivity contribution in [2.24, 2.45) is 5.73 Å². The topological polar surface area (TPSA) is 64.3 Å². The van der Waals surface area contributed by atoms with Gasteiger partial charge in [-0.05, 0) is 12.0 Å². The monoisotopic (exact) mass is 222 g/mol. The summed E-state index contributed by atoms with van der Waals surface area (Å²) in [6.07, 6.45) is 0.167. The van der Waals surface area contributed by atoms with E-state index in [1.165, 1.54) is 5.56 Å². The highest BCUT2D eigenvalue weighted by Gasteiger charge is 2.07. The van der Waals surface area contributed by atoms with E-state index < -0.39 is 6.09 Å². The van der Waals surface area contributed by atoms with Crippen LogP contribution in [0.1, 0.15) is 18.9 Å². The van der Waals surface area contributed by atoms with Crippen molar-refractivity contribution in [1.82, 2.24) is 5.32 Å². The molecule has 4 heteroatoms. The van der Waals surface area contributed by atoms with Crippen LogP contribution in [-0.4, -0.2) is 18.7 Å². The van der Waals surface area contributed by atoms with E-state index >= 15 is 0 Å². The van der Waals surface area contributed by atoms with Gasteiger partial charge in [-0.1, -0.05) is 37.3 Å². The van der Waals surface area contributed by atoms with Crippen molar-refractivity contribution in [1.29, 1.82) is 0 Å². The first kappa shape index (κ1) is 12.5. The number of ether oxygens (including phenoxy) is 1. The summed E-state index contributed by atoms with van der Waals surface area (Å²) >= 11 is 0. The number of rotatable bonds is 6. The van der Waals surface area contributed by atoms with Crippen LogP contribution in [0.15, 0.2) is 30.3 Å². The summed E-state index contributed by atoms with van der Waals surface area (Å²) in [7, 11) is 0. The quantitative estimate of drug-likeness (QED) is 0.769. The molecule has 0 saturated carbocycles. The summed E-state index contributed by atoms with van der Waals surface area (Å²) < 4.78 is 4.76. The smallest absolute Gasteiger partial charge is 0.404 e. The Kier molecular flexibility index (Phi) is 5.36. The zero-order valence-electron chi connectivity index (χ0n) is 9.48. The molecule has 16 heavy (non-hydrogen) atoms. The second-order valence-electron chi connectivity index (χ2n) is 3.60. The van der Waals surface area contributed by atoms with Gasteiger partial charge in [0.05, 0.1) is 0 Å². The average molecular weight is 222 g/mol. The Hall–Kier alpha value is -1.55. The van der Waals surface area contributed by atoms with Crippen molar-refractivity contribution in [3.63, 3.8) is 0 Å². The molecule has 88 valence electrons. The number of hydrogen-bond acceptors (Lipinski definition) is 3. The Labute approximate surface area is 95.8 Å². The van der Waals surface area contributed by atoms with Crippen molar-refractivity contribution in [2.45, 2.75) is 25.9 Å². The maximum atomic E-state index is 10.5. The molecule has 1 aromatic rings. The van der Waals surface area contributed by atoms with Crippen LogP contribution in [0.5, 0.6) is 0 Å². The minimum Gasteiger partial charge on any atom is -0.448 e. The van der Waals surface area contributed by atoms with E-state index in [-0.39, 0.29) is 6.04 Å². The highest BCUT2D eigenvalue weighted by atomic mass is 16.5. The molecule has 1 unspecified atom stereocenters. The Morgan fingerprint density at radius 1 is 1.44 bits per heavy atom. The molecule has 0 aliphatic heterocycles. The van der Waals surface area contributed by atoms with Crippen LogP contribution in [-0.2, 0) is 11.3 Å². The number of primary amides is 1. The molecule has 0 aliphatic carbocycles. The molecule has 1 aromatic carbocycles. The van der Waals surface area contributed by atoms with Gasteiger partial charge in [-0.3, -0.25) is 0 Å². The van der Waals surface area contributed by atoms with E-state index in [0.29, 0.717) is 6.61 Å². The van der Waals surface area contributed by atoms with E-state index in [0.717, 1.165) is 13.0 Å². The number of benzene rings is 1. The largest absolute Gasteiger partial charge is 0.448 e. The van der Waals surface area contributed by atoms with Crippen molar-refractivity contribution in [3.8, 4) is 0 Å². The highest BCUT2D eigenvalue weighted by Crippen LogP contribution is 2.00. The second kappa shape index (κ2) is 6.85. The van der Waals surface area contributed by atoms with Gasteiger partial charge >= 0.3 is 6.09 Å². The van der Waals surface area contributed by atoms with Gasteiger partial charge in [-0.15, -0.1) is 0 Å². The highest BCUT2D eigenvalue weighted by molar-refractivity contribution is 5.64. The number of amides is 1. The Bertz CT molecular complexity index is 314. The first-order chi connectivity index (χ1) is 7.72. The van der Waals surface area contributed by atoms with Gasteiger partial charge in [0.25, 0.3) is 0 Å². The lowest BCUT2D eigenvalue weighted by molar-refractivity contribution is 0.142. The van der Waals surface area contributed by atoms with Crippen LogP contribution >= 0.6 is 0 Å². The van der Waals surface area contributed by atoms with E-state index in [9.17, 15) is 4.79 Å². The fourth-order valence-electron chi connectivity index (χ4n) is 1.36. The van der Waals surface area contributed by atoms with Crippen LogP contribution < -0.4 is 11.1 Å². The van der Waals surface area contributed by atoms with Crippen LogP contribution in [0, 0.1) is 0 Å². The zero-order chi connectivity index (χ0) is 11.8. The number of nitrogens with two attached hydrogens (primary N) is 1. The van der Waals surface area contributed by atoms with Gasteiger partial charge in [0.15, 0.2) is 0 Å². The predicted octanol–water partition coefficient (Wildman–Crippen LogP) is 1.65. The fourth-order valence-corrected chi connectivity index (χ4v) is 1.36. The molecule has 0 spiro atoms. The maximum absolute atomic E-state index is 10.5. The number of carbonyl (C=O) groups is 1. The summed E-state index contributed by atoms with van der Waals surface area (Å²) in [6, 6.07) is 10.2. The molecular weight excluding hydrogens is 204 g/mol. The van der Waals surface area contributed by atoms with Crippen LogP contribution in [0.2, 0.25) is 0 Å². The van der Waals surface area contributed by atoms with E-state index in [1.54, 1.807) is 0 Å². The van der Waals surface area contributed by atoms with E-state index in [1.807, 2.05) is 25.1 Å². The summed E-state index contributed by atoms with van der Waals surface area (Å²) in [6.45, 7) is 3.12. The summed E-state index contributed by atoms with van der Waals surface area (Å²) in [5.74, 6) is 0. The summed E-state index contributed by atoms with van der Waals surface area (Å²) in [4.78, 5) is 10.5. The van der Waals surface area contributed by atoms with Crippen molar-refractivity contribution < 1.29 is 9.53 Å². The maximum Gasteiger partial charge on any atom is 0.404 e. The van der Waals surface area contributed by atoms with Gasteiger partial charge in [-0.2, -0.15) is 0 Å². The third-order valence-corrected chi connectivity index (χ3v) is 2.36. The molecule has 0 radical (unpaired) electrons. The first-order valence-electron chi connectivity index (χ1n) is 5.42. The number of carbonyl (C=O) groups excluding carboxylic acids is 1. The van der Waals surface area contributed by atoms with Crippen LogP contribution in [0.4, 0.5) is 4.79 Å². The molecule has 0 saturated heterocycles. The first-order valence-corrected chi connectivity index (χ1v) is 5.42. The summed E-state index contributed by atoms with van der Waals surface area (Å²) in [5, 5.41) is 3.31. The predicted molar refractivity (Wildman–Crippen MR) is 62.9 cm³/mol. The molecule has 1 rings (SSSR count). The van der Waals surface area contributed by atoms with Gasteiger partial charge in [0, 0.05) is 12.6 Å². The molecule has 0 fully saturated rings. The second-order valence-corrected chi connectivity index (χ2v) is 3.60. The Morgan fingerprint density at radius 3 is 2.69 bits per heavy atom. The number of hydrogen-bond donors (Lipinski definition) is 2. The van der Waals surface area contributed by atoms with Crippen molar-refractivity contribution in [3.05, 3.63) is 35.9 Å². The minimum absolute atomic E-state index is 0.146. The van der Waals surface area contributed by atoms with E-state index in [4.69, 9.17) is 10.5 Å². The molecule has 1 atom stereocenters. The molecular formula is C12H18N2O2. The normalized spacial score (nSPS) is 12.1. The Morgan fingerprint density at radius 2 is 2.12 bits per heavy atom. The lowest BCUT2D eigenvalue weighted by Gasteiger charge is -2.16. The van der Waals surface area contributed by atoms with Gasteiger partial charge in [0.1, 0.15) is 6.61 Å². The lowest BCUT2D eigenvalue weighted by atomic mass is 10.2. The van der Waals surface area contributed by atoms with Crippen molar-refractivity contribution >= 4 is 6.09 Å². The molecule has 0 heterocycles. The molecule has 0 aliphatic rings. The minimum atomic E-state index is -0.722. The van der Waals surface area contributed by atoms with Crippen LogP contribution in [0.25, 0.3) is 0 Å². The molecule has 3 N–H and O–H groups in total. The van der Waals surface area contributed by atoms with Gasteiger partial charge < -0.3 is 15.8 Å². The Balaban J connectivity index is 2.31. The van der Waals surface area contributed by atoms with Crippen molar-refractivity contribution in [2.75, 3.05) is 6.61 Å². The SMILES string of the molecule is CCC(COC(N)=O)NCc1ccccc1. The zero-order valence-corrected chi connectivity index (χ0v) is 9.48.